The van der Waals surface area contributed by atoms with Gasteiger partial charge in [-0.15, -0.1) is 0 Å². The molecule has 2 aromatic carbocycles. The Morgan fingerprint density at radius 3 is 1.92 bits per heavy atom. The molecular formula is C20H21NO4. The highest BCUT2D eigenvalue weighted by Crippen LogP contribution is 2.47. The molecule has 0 aliphatic heterocycles. The van der Waals surface area contributed by atoms with Crippen molar-refractivity contribution in [1.29, 1.82) is 0 Å². The van der Waals surface area contributed by atoms with E-state index in [1.54, 1.807) is 34.6 Å². The van der Waals surface area contributed by atoms with E-state index in [0.717, 1.165) is 39.1 Å². The minimum Gasteiger partial charge on any atom is -0.497 e. The van der Waals surface area contributed by atoms with Crippen LogP contribution in [0.2, 0.25) is 0 Å². The van der Waals surface area contributed by atoms with E-state index in [-0.39, 0.29) is 0 Å². The summed E-state index contributed by atoms with van der Waals surface area (Å²) in [6.45, 7) is 1.95. The maximum absolute atomic E-state index is 5.69. The molecule has 0 unspecified atom stereocenters. The zero-order valence-electron chi connectivity index (χ0n) is 15.0. The highest BCUT2D eigenvalue weighted by atomic mass is 16.5. The van der Waals surface area contributed by atoms with Crippen molar-refractivity contribution in [2.75, 3.05) is 28.4 Å². The van der Waals surface area contributed by atoms with Crippen molar-refractivity contribution in [2.45, 2.75) is 6.92 Å². The van der Waals surface area contributed by atoms with Crippen molar-refractivity contribution >= 4 is 10.8 Å². The third-order valence-corrected chi connectivity index (χ3v) is 4.29. The van der Waals surface area contributed by atoms with Crippen LogP contribution < -0.4 is 18.9 Å². The predicted octanol–water partition coefficient (Wildman–Crippen LogP) is 4.24. The van der Waals surface area contributed by atoms with Crippen molar-refractivity contribution < 1.29 is 18.9 Å². The molecule has 0 fully saturated rings. The van der Waals surface area contributed by atoms with E-state index < -0.39 is 0 Å². The number of rotatable bonds is 5. The molecule has 0 N–H and O–H groups in total. The van der Waals surface area contributed by atoms with Gasteiger partial charge in [0.05, 0.1) is 39.5 Å². The van der Waals surface area contributed by atoms with E-state index in [9.17, 15) is 0 Å². The molecule has 1 aromatic heterocycles. The Kier molecular flexibility index (Phi) is 4.65. The normalized spacial score (nSPS) is 10.6. The van der Waals surface area contributed by atoms with E-state index in [2.05, 4.69) is 4.98 Å². The molecular weight excluding hydrogens is 318 g/mol. The average Bonchev–Trinajstić information content (AvgIpc) is 2.66. The quantitative estimate of drug-likeness (QED) is 0.696. The number of methoxy groups -OCH3 is 4. The van der Waals surface area contributed by atoms with Gasteiger partial charge >= 0.3 is 0 Å². The van der Waals surface area contributed by atoms with Crippen LogP contribution >= 0.6 is 0 Å². The van der Waals surface area contributed by atoms with Gasteiger partial charge in [-0.05, 0) is 37.3 Å². The van der Waals surface area contributed by atoms with Gasteiger partial charge in [0.1, 0.15) is 11.5 Å². The fraction of sp³-hybridized carbons (Fsp3) is 0.250. The van der Waals surface area contributed by atoms with Crippen LogP contribution in [-0.2, 0) is 0 Å². The summed E-state index contributed by atoms with van der Waals surface area (Å²) in [5, 5.41) is 1.79. The molecule has 0 saturated carbocycles. The summed E-state index contributed by atoms with van der Waals surface area (Å²) < 4.78 is 22.2. The molecule has 0 spiro atoms. The van der Waals surface area contributed by atoms with Crippen molar-refractivity contribution in [3.8, 4) is 34.3 Å². The highest BCUT2D eigenvalue weighted by molar-refractivity contribution is 6.05. The Morgan fingerprint density at radius 2 is 1.36 bits per heavy atom. The molecule has 25 heavy (non-hydrogen) atoms. The van der Waals surface area contributed by atoms with E-state index in [1.165, 1.54) is 0 Å². The van der Waals surface area contributed by atoms with Crippen LogP contribution in [0.1, 0.15) is 5.56 Å². The van der Waals surface area contributed by atoms with Gasteiger partial charge in [-0.2, -0.15) is 0 Å². The number of nitrogens with zero attached hydrogens (tertiary/aromatic N) is 1. The molecule has 3 aromatic rings. The minimum atomic E-state index is 0.648. The Morgan fingerprint density at radius 1 is 0.720 bits per heavy atom. The number of benzene rings is 2. The molecule has 0 aliphatic carbocycles. The van der Waals surface area contributed by atoms with Crippen LogP contribution in [0.15, 0.2) is 36.5 Å². The van der Waals surface area contributed by atoms with Crippen LogP contribution in [0.5, 0.6) is 23.0 Å². The van der Waals surface area contributed by atoms with Gasteiger partial charge in [-0.1, -0.05) is 0 Å². The summed E-state index contributed by atoms with van der Waals surface area (Å²) in [4.78, 5) is 4.59. The number of hydrogen-bond acceptors (Lipinski definition) is 5. The topological polar surface area (TPSA) is 49.8 Å². The van der Waals surface area contributed by atoms with Crippen LogP contribution in [0.4, 0.5) is 0 Å². The molecule has 0 saturated heterocycles. The molecule has 0 radical (unpaired) electrons. The lowest BCUT2D eigenvalue weighted by Gasteiger charge is -2.19. The minimum absolute atomic E-state index is 0.648. The number of aromatic nitrogens is 1. The summed E-state index contributed by atoms with van der Waals surface area (Å²) in [7, 11) is 6.56. The zero-order chi connectivity index (χ0) is 18.0. The van der Waals surface area contributed by atoms with Crippen molar-refractivity contribution in [3.63, 3.8) is 0 Å². The van der Waals surface area contributed by atoms with Gasteiger partial charge in [-0.3, -0.25) is 4.98 Å². The molecule has 3 rings (SSSR count). The lowest BCUT2D eigenvalue weighted by molar-refractivity contribution is 0.350. The summed E-state index contributed by atoms with van der Waals surface area (Å²) in [6, 6.07) is 9.68. The van der Waals surface area contributed by atoms with Crippen LogP contribution in [0.3, 0.4) is 0 Å². The lowest BCUT2D eigenvalue weighted by atomic mass is 9.99. The molecule has 0 atom stereocenters. The molecule has 0 bridgehead atoms. The third kappa shape index (κ3) is 2.71. The standard InChI is InChI=1S/C20H21NO4/c1-12-18(23-3)15-10-11-21-17(13-6-8-14(22-2)9-7-13)16(15)20(25-5)19(12)24-4/h6-11H,1-5H3. The van der Waals surface area contributed by atoms with Gasteiger partial charge in [0.15, 0.2) is 11.5 Å². The fourth-order valence-corrected chi connectivity index (χ4v) is 3.14. The third-order valence-electron chi connectivity index (χ3n) is 4.29. The molecule has 130 valence electrons. The van der Waals surface area contributed by atoms with Crippen LogP contribution in [0.25, 0.3) is 22.0 Å². The Labute approximate surface area is 147 Å². The van der Waals surface area contributed by atoms with E-state index in [0.29, 0.717) is 11.5 Å². The first-order chi connectivity index (χ1) is 12.2. The number of hydrogen-bond donors (Lipinski definition) is 0. The first-order valence-corrected chi connectivity index (χ1v) is 7.87. The largest absolute Gasteiger partial charge is 0.497 e. The number of ether oxygens (including phenoxy) is 4. The highest BCUT2D eigenvalue weighted by Gasteiger charge is 2.22. The second-order valence-electron chi connectivity index (χ2n) is 5.54. The lowest BCUT2D eigenvalue weighted by Crippen LogP contribution is -2.00. The van der Waals surface area contributed by atoms with Crippen molar-refractivity contribution in [1.82, 2.24) is 4.98 Å². The summed E-state index contributed by atoms with van der Waals surface area (Å²) in [5.41, 5.74) is 2.65. The smallest absolute Gasteiger partial charge is 0.171 e. The van der Waals surface area contributed by atoms with Crippen LogP contribution in [0, 0.1) is 6.92 Å². The summed E-state index contributed by atoms with van der Waals surface area (Å²) >= 11 is 0. The number of pyridine rings is 1. The first kappa shape index (κ1) is 16.9. The van der Waals surface area contributed by atoms with E-state index >= 15 is 0 Å². The maximum atomic E-state index is 5.69. The van der Waals surface area contributed by atoms with Gasteiger partial charge in [0, 0.05) is 22.7 Å². The Balaban J connectivity index is 2.40. The molecule has 0 amide bonds. The van der Waals surface area contributed by atoms with Crippen molar-refractivity contribution in [2.24, 2.45) is 0 Å². The molecule has 1 heterocycles. The maximum Gasteiger partial charge on any atom is 0.171 e. The molecule has 5 heteroatoms. The first-order valence-electron chi connectivity index (χ1n) is 7.87. The van der Waals surface area contributed by atoms with Crippen LogP contribution in [-0.4, -0.2) is 33.4 Å². The summed E-state index contributed by atoms with van der Waals surface area (Å²) in [5.74, 6) is 2.84. The zero-order valence-corrected chi connectivity index (χ0v) is 15.0. The fourth-order valence-electron chi connectivity index (χ4n) is 3.14. The van der Waals surface area contributed by atoms with Crippen molar-refractivity contribution in [3.05, 3.63) is 42.1 Å². The SMILES string of the molecule is COc1ccc(-c2nccc3c(OC)c(C)c(OC)c(OC)c23)cc1. The molecule has 5 nitrogen and oxygen atoms in total. The predicted molar refractivity (Wildman–Crippen MR) is 98.1 cm³/mol. The van der Waals surface area contributed by atoms with Gasteiger partial charge in [0.25, 0.3) is 0 Å². The Hall–Kier alpha value is -2.95. The Bertz CT molecular complexity index is 904. The second kappa shape index (κ2) is 6.89. The second-order valence-corrected chi connectivity index (χ2v) is 5.54. The van der Waals surface area contributed by atoms with E-state index in [4.69, 9.17) is 18.9 Å². The average molecular weight is 339 g/mol. The summed E-state index contributed by atoms with van der Waals surface area (Å²) in [6.07, 6.45) is 1.77. The van der Waals surface area contributed by atoms with Gasteiger partial charge in [0.2, 0.25) is 0 Å². The molecule has 0 aliphatic rings. The number of fused-ring (bicyclic) bond motifs is 1. The van der Waals surface area contributed by atoms with Gasteiger partial charge < -0.3 is 18.9 Å². The monoisotopic (exact) mass is 339 g/mol. The van der Waals surface area contributed by atoms with E-state index in [1.807, 2.05) is 37.3 Å². The van der Waals surface area contributed by atoms with Gasteiger partial charge in [-0.25, -0.2) is 0 Å².